The maximum absolute atomic E-state index is 12.3. The van der Waals surface area contributed by atoms with Crippen LogP contribution in [0.2, 0.25) is 0 Å². The quantitative estimate of drug-likeness (QED) is 0.445. The van der Waals surface area contributed by atoms with Crippen LogP contribution in [0, 0.1) is 0 Å². The second-order valence-electron chi connectivity index (χ2n) is 7.73. The number of nitrogens with one attached hydrogen (secondary N) is 2. The highest BCUT2D eigenvalue weighted by Crippen LogP contribution is 2.44. The molecule has 8 heteroatoms. The summed E-state index contributed by atoms with van der Waals surface area (Å²) >= 11 is 0. The van der Waals surface area contributed by atoms with E-state index in [4.69, 9.17) is 14.6 Å². The molecule has 8 nitrogen and oxygen atoms in total. The molecule has 4 rings (SSSR count). The highest BCUT2D eigenvalue weighted by Gasteiger charge is 2.28. The van der Waals surface area contributed by atoms with Gasteiger partial charge in [-0.1, -0.05) is 60.7 Å². The summed E-state index contributed by atoms with van der Waals surface area (Å²) in [7, 11) is 0. The zero-order valence-electron chi connectivity index (χ0n) is 18.3. The number of rotatable bonds is 9. The lowest BCUT2D eigenvalue weighted by Crippen LogP contribution is -2.29. The molecule has 0 fully saturated rings. The SMILES string of the molecule is O=C(O)COc1ccccc1NC(=O)CCNC(=O)OCC1c2ccccc2-c2ccccc21. The second kappa shape index (κ2) is 10.5. The van der Waals surface area contributed by atoms with Crippen molar-refractivity contribution < 1.29 is 29.0 Å². The molecule has 0 aromatic heterocycles. The highest BCUT2D eigenvalue weighted by molar-refractivity contribution is 5.92. The lowest BCUT2D eigenvalue weighted by molar-refractivity contribution is -0.139. The molecule has 0 heterocycles. The van der Waals surface area contributed by atoms with Crippen LogP contribution in [0.5, 0.6) is 5.75 Å². The topological polar surface area (TPSA) is 114 Å². The summed E-state index contributed by atoms with van der Waals surface area (Å²) in [6, 6.07) is 22.7. The normalized spacial score (nSPS) is 11.8. The number of carboxylic acid groups (broad SMARTS) is 1. The number of carboxylic acids is 1. The van der Waals surface area contributed by atoms with Crippen molar-refractivity contribution >= 4 is 23.7 Å². The van der Waals surface area contributed by atoms with Gasteiger partial charge in [0.15, 0.2) is 6.61 Å². The molecular weight excluding hydrogens is 436 g/mol. The molecular formula is C26H24N2O6. The molecule has 0 saturated carbocycles. The van der Waals surface area contributed by atoms with Crippen molar-refractivity contribution in [1.82, 2.24) is 5.32 Å². The summed E-state index contributed by atoms with van der Waals surface area (Å²) < 4.78 is 10.6. The van der Waals surface area contributed by atoms with Crippen LogP contribution in [0.4, 0.5) is 10.5 Å². The van der Waals surface area contributed by atoms with E-state index < -0.39 is 18.7 Å². The fourth-order valence-electron chi connectivity index (χ4n) is 3.98. The Labute approximate surface area is 196 Å². The molecule has 1 aliphatic rings. The molecule has 0 spiro atoms. The number of alkyl carbamates (subject to hydrolysis) is 1. The zero-order chi connectivity index (χ0) is 23.9. The molecule has 0 radical (unpaired) electrons. The van der Waals surface area contributed by atoms with Crippen LogP contribution in [-0.2, 0) is 14.3 Å². The second-order valence-corrected chi connectivity index (χ2v) is 7.73. The van der Waals surface area contributed by atoms with Gasteiger partial charge in [0.2, 0.25) is 5.91 Å². The first-order valence-electron chi connectivity index (χ1n) is 10.8. The molecule has 3 aromatic rings. The van der Waals surface area contributed by atoms with Crippen LogP contribution in [0.25, 0.3) is 11.1 Å². The number of fused-ring (bicyclic) bond motifs is 3. The fraction of sp³-hybridized carbons (Fsp3) is 0.192. The van der Waals surface area contributed by atoms with E-state index in [1.54, 1.807) is 24.3 Å². The lowest BCUT2D eigenvalue weighted by Gasteiger charge is -2.15. The molecule has 174 valence electrons. The minimum atomic E-state index is -1.12. The minimum Gasteiger partial charge on any atom is -0.480 e. The van der Waals surface area contributed by atoms with Crippen LogP contribution in [0.1, 0.15) is 23.5 Å². The molecule has 34 heavy (non-hydrogen) atoms. The molecule has 3 aromatic carbocycles. The van der Waals surface area contributed by atoms with Crippen LogP contribution >= 0.6 is 0 Å². The van der Waals surface area contributed by atoms with Crippen molar-refractivity contribution in [2.75, 3.05) is 25.1 Å². The predicted molar refractivity (Wildman–Crippen MR) is 126 cm³/mol. The first-order valence-corrected chi connectivity index (χ1v) is 10.8. The fourth-order valence-corrected chi connectivity index (χ4v) is 3.98. The van der Waals surface area contributed by atoms with Crippen molar-refractivity contribution in [3.05, 3.63) is 83.9 Å². The van der Waals surface area contributed by atoms with Gasteiger partial charge >= 0.3 is 12.1 Å². The Morgan fingerprint density at radius 3 is 2.15 bits per heavy atom. The number of hydrogen-bond acceptors (Lipinski definition) is 5. The van der Waals surface area contributed by atoms with Gasteiger partial charge in [-0.3, -0.25) is 4.79 Å². The van der Waals surface area contributed by atoms with Crippen molar-refractivity contribution in [3.63, 3.8) is 0 Å². The summed E-state index contributed by atoms with van der Waals surface area (Å²) in [5.41, 5.74) is 4.90. The standard InChI is InChI=1S/C26H24N2O6/c29-24(28-22-11-5-6-12-23(22)33-16-25(30)31)13-14-27-26(32)34-15-21-19-9-3-1-7-17(19)18-8-2-4-10-20(18)21/h1-12,21H,13-16H2,(H,27,32)(H,28,29)(H,30,31). The Kier molecular flexibility index (Phi) is 7.07. The van der Waals surface area contributed by atoms with Crippen molar-refractivity contribution in [2.24, 2.45) is 0 Å². The molecule has 0 unspecified atom stereocenters. The van der Waals surface area contributed by atoms with E-state index in [-0.39, 0.29) is 37.1 Å². The van der Waals surface area contributed by atoms with Crippen molar-refractivity contribution in [3.8, 4) is 16.9 Å². The number of benzene rings is 3. The van der Waals surface area contributed by atoms with Gasteiger partial charge in [0.25, 0.3) is 0 Å². The lowest BCUT2D eigenvalue weighted by atomic mass is 9.98. The molecule has 0 bridgehead atoms. The third kappa shape index (κ3) is 5.35. The van der Waals surface area contributed by atoms with E-state index >= 15 is 0 Å². The Hall–Kier alpha value is -4.33. The summed E-state index contributed by atoms with van der Waals surface area (Å²) in [5, 5.41) is 14.0. The molecule has 0 atom stereocenters. The average Bonchev–Trinajstić information content (AvgIpc) is 3.16. The number of anilines is 1. The van der Waals surface area contributed by atoms with E-state index in [2.05, 4.69) is 22.8 Å². The Bertz CT molecular complexity index is 1160. The number of hydrogen-bond donors (Lipinski definition) is 3. The van der Waals surface area contributed by atoms with E-state index in [1.807, 2.05) is 36.4 Å². The Morgan fingerprint density at radius 1 is 0.853 bits per heavy atom. The zero-order valence-corrected chi connectivity index (χ0v) is 18.3. The molecule has 0 aliphatic heterocycles. The summed E-state index contributed by atoms with van der Waals surface area (Å²) in [6.45, 7) is -0.239. The number of carbonyl (C=O) groups is 3. The molecule has 2 amide bonds. The number of amides is 2. The third-order valence-electron chi connectivity index (χ3n) is 5.48. The van der Waals surface area contributed by atoms with Crippen LogP contribution in [-0.4, -0.2) is 42.8 Å². The Morgan fingerprint density at radius 2 is 1.47 bits per heavy atom. The average molecular weight is 460 g/mol. The first kappa shape index (κ1) is 22.8. The number of para-hydroxylation sites is 2. The van der Waals surface area contributed by atoms with Gasteiger partial charge in [0.05, 0.1) is 5.69 Å². The molecule has 1 aliphatic carbocycles. The predicted octanol–water partition coefficient (Wildman–Crippen LogP) is 4.02. The number of aliphatic carboxylic acids is 1. The van der Waals surface area contributed by atoms with Gasteiger partial charge in [-0.2, -0.15) is 0 Å². The third-order valence-corrected chi connectivity index (χ3v) is 5.48. The maximum atomic E-state index is 12.3. The maximum Gasteiger partial charge on any atom is 0.407 e. The van der Waals surface area contributed by atoms with Gasteiger partial charge in [-0.15, -0.1) is 0 Å². The molecule has 3 N–H and O–H groups in total. The monoisotopic (exact) mass is 460 g/mol. The number of carbonyl (C=O) groups excluding carboxylic acids is 2. The van der Waals surface area contributed by atoms with E-state index in [0.29, 0.717) is 5.69 Å². The van der Waals surface area contributed by atoms with Crippen LogP contribution in [0.3, 0.4) is 0 Å². The summed E-state index contributed by atoms with van der Waals surface area (Å²) in [6.07, 6.45) is -0.586. The van der Waals surface area contributed by atoms with E-state index in [0.717, 1.165) is 22.3 Å². The smallest absolute Gasteiger partial charge is 0.407 e. The number of ether oxygens (including phenoxy) is 2. The van der Waals surface area contributed by atoms with E-state index in [9.17, 15) is 14.4 Å². The van der Waals surface area contributed by atoms with Crippen molar-refractivity contribution in [1.29, 1.82) is 0 Å². The first-order chi connectivity index (χ1) is 16.5. The van der Waals surface area contributed by atoms with E-state index in [1.165, 1.54) is 0 Å². The molecule has 0 saturated heterocycles. The van der Waals surface area contributed by atoms with Gasteiger partial charge in [0.1, 0.15) is 12.4 Å². The highest BCUT2D eigenvalue weighted by atomic mass is 16.5. The summed E-state index contributed by atoms with van der Waals surface area (Å²) in [5.74, 6) is -1.26. The van der Waals surface area contributed by atoms with Crippen LogP contribution < -0.4 is 15.4 Å². The van der Waals surface area contributed by atoms with Crippen LogP contribution in [0.15, 0.2) is 72.8 Å². The van der Waals surface area contributed by atoms with Gasteiger partial charge < -0.3 is 25.2 Å². The minimum absolute atomic E-state index is 0.0114. The largest absolute Gasteiger partial charge is 0.480 e. The summed E-state index contributed by atoms with van der Waals surface area (Å²) in [4.78, 5) is 35.2. The van der Waals surface area contributed by atoms with Crippen molar-refractivity contribution in [2.45, 2.75) is 12.3 Å². The Balaban J connectivity index is 1.25. The van der Waals surface area contributed by atoms with Gasteiger partial charge in [-0.05, 0) is 34.4 Å². The van der Waals surface area contributed by atoms with Gasteiger partial charge in [0, 0.05) is 18.9 Å². The van der Waals surface area contributed by atoms with Gasteiger partial charge in [-0.25, -0.2) is 9.59 Å².